The lowest BCUT2D eigenvalue weighted by molar-refractivity contribution is 0.195. The van der Waals surface area contributed by atoms with Crippen LogP contribution in [0, 0.1) is 0 Å². The SMILES string of the molecule is CCCn1ccnc1-c1cccc(N[C@@H]2CCOC2)c1. The molecule has 1 aromatic carbocycles. The molecule has 0 aliphatic carbocycles. The molecule has 0 unspecified atom stereocenters. The minimum Gasteiger partial charge on any atom is -0.380 e. The minimum absolute atomic E-state index is 0.431. The van der Waals surface area contributed by atoms with E-state index in [0.29, 0.717) is 6.04 Å². The summed E-state index contributed by atoms with van der Waals surface area (Å²) >= 11 is 0. The summed E-state index contributed by atoms with van der Waals surface area (Å²) in [6.07, 6.45) is 6.11. The van der Waals surface area contributed by atoms with Gasteiger partial charge in [-0.25, -0.2) is 4.98 Å². The van der Waals surface area contributed by atoms with Crippen molar-refractivity contribution >= 4 is 5.69 Å². The van der Waals surface area contributed by atoms with E-state index in [1.807, 2.05) is 12.4 Å². The summed E-state index contributed by atoms with van der Waals surface area (Å²) in [7, 11) is 0. The molecule has 1 saturated heterocycles. The van der Waals surface area contributed by atoms with Gasteiger partial charge in [0.05, 0.1) is 12.6 Å². The normalized spacial score (nSPS) is 18.4. The maximum atomic E-state index is 5.40. The zero-order chi connectivity index (χ0) is 13.8. The molecular formula is C16H21N3O. The molecule has 106 valence electrons. The van der Waals surface area contributed by atoms with Gasteiger partial charge in [0.2, 0.25) is 0 Å². The van der Waals surface area contributed by atoms with E-state index in [4.69, 9.17) is 4.74 Å². The summed E-state index contributed by atoms with van der Waals surface area (Å²) in [5, 5.41) is 3.53. The molecule has 1 fully saturated rings. The van der Waals surface area contributed by atoms with Crippen LogP contribution in [-0.2, 0) is 11.3 Å². The smallest absolute Gasteiger partial charge is 0.139 e. The van der Waals surface area contributed by atoms with Crippen LogP contribution in [0.2, 0.25) is 0 Å². The van der Waals surface area contributed by atoms with Gasteiger partial charge < -0.3 is 14.6 Å². The molecule has 1 aliphatic heterocycles. The molecule has 0 bridgehead atoms. The third kappa shape index (κ3) is 2.85. The highest BCUT2D eigenvalue weighted by Crippen LogP contribution is 2.23. The maximum Gasteiger partial charge on any atom is 0.139 e. The van der Waals surface area contributed by atoms with E-state index in [1.54, 1.807) is 0 Å². The Morgan fingerprint density at radius 1 is 1.45 bits per heavy atom. The average Bonchev–Trinajstić information content (AvgIpc) is 3.11. The number of hydrogen-bond acceptors (Lipinski definition) is 3. The minimum atomic E-state index is 0.431. The first-order chi connectivity index (χ1) is 9.86. The number of aromatic nitrogens is 2. The van der Waals surface area contributed by atoms with Crippen LogP contribution in [-0.4, -0.2) is 28.8 Å². The molecule has 1 aromatic heterocycles. The third-order valence-electron chi connectivity index (χ3n) is 3.60. The Morgan fingerprint density at radius 2 is 2.40 bits per heavy atom. The Bertz CT molecular complexity index is 558. The second kappa shape index (κ2) is 6.09. The van der Waals surface area contributed by atoms with Crippen LogP contribution in [0.25, 0.3) is 11.4 Å². The molecule has 4 heteroatoms. The van der Waals surface area contributed by atoms with Gasteiger partial charge in [-0.3, -0.25) is 0 Å². The van der Waals surface area contributed by atoms with E-state index in [1.165, 1.54) is 0 Å². The summed E-state index contributed by atoms with van der Waals surface area (Å²) in [6.45, 7) is 4.85. The molecule has 3 rings (SSSR count). The van der Waals surface area contributed by atoms with Crippen molar-refractivity contribution < 1.29 is 4.74 Å². The highest BCUT2D eigenvalue weighted by atomic mass is 16.5. The monoisotopic (exact) mass is 271 g/mol. The Labute approximate surface area is 119 Å². The Kier molecular flexibility index (Phi) is 4.02. The van der Waals surface area contributed by atoms with E-state index < -0.39 is 0 Å². The van der Waals surface area contributed by atoms with E-state index in [-0.39, 0.29) is 0 Å². The third-order valence-corrected chi connectivity index (χ3v) is 3.60. The van der Waals surface area contributed by atoms with Crippen LogP contribution in [0.3, 0.4) is 0 Å². The number of anilines is 1. The van der Waals surface area contributed by atoms with Crippen LogP contribution in [0.15, 0.2) is 36.7 Å². The number of benzene rings is 1. The van der Waals surface area contributed by atoms with E-state index in [9.17, 15) is 0 Å². The van der Waals surface area contributed by atoms with Gasteiger partial charge in [0.1, 0.15) is 5.82 Å². The fourth-order valence-corrected chi connectivity index (χ4v) is 2.62. The molecule has 0 amide bonds. The van der Waals surface area contributed by atoms with Crippen LogP contribution in [0.1, 0.15) is 19.8 Å². The maximum absolute atomic E-state index is 5.40. The summed E-state index contributed by atoms with van der Waals surface area (Å²) in [5.41, 5.74) is 2.30. The van der Waals surface area contributed by atoms with Gasteiger partial charge in [0.25, 0.3) is 0 Å². The fraction of sp³-hybridized carbons (Fsp3) is 0.438. The zero-order valence-corrected chi connectivity index (χ0v) is 11.9. The van der Waals surface area contributed by atoms with Crippen molar-refractivity contribution in [2.24, 2.45) is 0 Å². The quantitative estimate of drug-likeness (QED) is 0.908. The second-order valence-electron chi connectivity index (χ2n) is 5.23. The number of nitrogens with one attached hydrogen (secondary N) is 1. The van der Waals surface area contributed by atoms with Crippen molar-refractivity contribution in [2.45, 2.75) is 32.4 Å². The van der Waals surface area contributed by atoms with E-state index >= 15 is 0 Å². The summed E-state index contributed by atoms with van der Waals surface area (Å²) in [6, 6.07) is 8.91. The molecule has 1 atom stereocenters. The summed E-state index contributed by atoms with van der Waals surface area (Å²) in [5.74, 6) is 1.04. The average molecular weight is 271 g/mol. The molecule has 0 saturated carbocycles. The van der Waals surface area contributed by atoms with Crippen molar-refractivity contribution in [3.05, 3.63) is 36.7 Å². The molecule has 0 spiro atoms. The van der Waals surface area contributed by atoms with Crippen molar-refractivity contribution in [3.63, 3.8) is 0 Å². The number of rotatable bonds is 5. The number of imidazole rings is 1. The topological polar surface area (TPSA) is 39.1 Å². The molecule has 2 aromatic rings. The van der Waals surface area contributed by atoms with Crippen molar-refractivity contribution in [2.75, 3.05) is 18.5 Å². The Morgan fingerprint density at radius 3 is 3.20 bits per heavy atom. The molecule has 2 heterocycles. The molecule has 20 heavy (non-hydrogen) atoms. The fourth-order valence-electron chi connectivity index (χ4n) is 2.62. The Hall–Kier alpha value is -1.81. The number of aryl methyl sites for hydroxylation is 1. The molecule has 1 aliphatic rings. The van der Waals surface area contributed by atoms with Crippen LogP contribution in [0.4, 0.5) is 5.69 Å². The molecular weight excluding hydrogens is 250 g/mol. The van der Waals surface area contributed by atoms with Crippen LogP contribution < -0.4 is 5.32 Å². The first-order valence-electron chi connectivity index (χ1n) is 7.32. The van der Waals surface area contributed by atoms with E-state index in [2.05, 4.69) is 46.1 Å². The predicted octanol–water partition coefficient (Wildman–Crippen LogP) is 3.16. The van der Waals surface area contributed by atoms with Crippen molar-refractivity contribution in [3.8, 4) is 11.4 Å². The van der Waals surface area contributed by atoms with Gasteiger partial charge in [0, 0.05) is 36.8 Å². The number of nitrogens with zero attached hydrogens (tertiary/aromatic N) is 2. The van der Waals surface area contributed by atoms with Gasteiger partial charge in [0.15, 0.2) is 0 Å². The van der Waals surface area contributed by atoms with Crippen molar-refractivity contribution in [1.29, 1.82) is 0 Å². The lowest BCUT2D eigenvalue weighted by Crippen LogP contribution is -2.18. The highest BCUT2D eigenvalue weighted by molar-refractivity contribution is 5.63. The van der Waals surface area contributed by atoms with Crippen LogP contribution >= 0.6 is 0 Å². The van der Waals surface area contributed by atoms with E-state index in [0.717, 1.165) is 49.7 Å². The lowest BCUT2D eigenvalue weighted by atomic mass is 10.1. The van der Waals surface area contributed by atoms with Crippen LogP contribution in [0.5, 0.6) is 0 Å². The number of hydrogen-bond donors (Lipinski definition) is 1. The van der Waals surface area contributed by atoms with Gasteiger partial charge in [-0.1, -0.05) is 19.1 Å². The number of ether oxygens (including phenoxy) is 1. The molecule has 4 nitrogen and oxygen atoms in total. The summed E-state index contributed by atoms with van der Waals surface area (Å²) in [4.78, 5) is 4.49. The Balaban J connectivity index is 1.81. The first kappa shape index (κ1) is 13.2. The summed E-state index contributed by atoms with van der Waals surface area (Å²) < 4.78 is 7.61. The lowest BCUT2D eigenvalue weighted by Gasteiger charge is -2.13. The van der Waals surface area contributed by atoms with Gasteiger partial charge in [-0.15, -0.1) is 0 Å². The first-order valence-corrected chi connectivity index (χ1v) is 7.32. The predicted molar refractivity (Wildman–Crippen MR) is 80.8 cm³/mol. The zero-order valence-electron chi connectivity index (χ0n) is 11.9. The van der Waals surface area contributed by atoms with Gasteiger partial charge in [-0.05, 0) is 25.0 Å². The largest absolute Gasteiger partial charge is 0.380 e. The van der Waals surface area contributed by atoms with Crippen molar-refractivity contribution in [1.82, 2.24) is 9.55 Å². The van der Waals surface area contributed by atoms with Gasteiger partial charge in [-0.2, -0.15) is 0 Å². The van der Waals surface area contributed by atoms with Gasteiger partial charge >= 0.3 is 0 Å². The second-order valence-corrected chi connectivity index (χ2v) is 5.23. The standard InChI is InChI=1S/C16H21N3O/c1-2-8-19-9-7-17-16(19)13-4-3-5-14(11-13)18-15-6-10-20-12-15/h3-5,7,9,11,15,18H,2,6,8,10,12H2,1H3/t15-/m1/s1. The molecule has 1 N–H and O–H groups in total. The highest BCUT2D eigenvalue weighted by Gasteiger charge is 2.15. The molecule has 0 radical (unpaired) electrons.